The molecule has 2 nitrogen and oxygen atoms in total. The zero-order valence-corrected chi connectivity index (χ0v) is 13.3. The SMILES string of the molecule is CCC(CC(C)(C)F)C(=O)/C(CF)=C(\O)C(CC)CC. The average molecular weight is 290 g/mol. The molecule has 0 saturated carbocycles. The number of aliphatic hydroxyl groups excluding tert-OH is 1. The monoisotopic (exact) mass is 290 g/mol. The van der Waals surface area contributed by atoms with Crippen molar-refractivity contribution in [2.75, 3.05) is 6.67 Å². The van der Waals surface area contributed by atoms with Crippen LogP contribution in [0.5, 0.6) is 0 Å². The molecule has 0 aliphatic heterocycles. The van der Waals surface area contributed by atoms with Crippen LogP contribution in [0.15, 0.2) is 11.3 Å². The summed E-state index contributed by atoms with van der Waals surface area (Å²) in [6.45, 7) is 7.35. The van der Waals surface area contributed by atoms with Crippen LogP contribution in [0, 0.1) is 11.8 Å². The first-order valence-electron chi connectivity index (χ1n) is 7.42. The van der Waals surface area contributed by atoms with Gasteiger partial charge in [-0.2, -0.15) is 0 Å². The zero-order chi connectivity index (χ0) is 15.9. The van der Waals surface area contributed by atoms with E-state index in [1.807, 2.05) is 13.8 Å². The van der Waals surface area contributed by atoms with E-state index in [0.717, 1.165) is 0 Å². The molecule has 0 aliphatic rings. The zero-order valence-electron chi connectivity index (χ0n) is 13.3. The molecule has 0 spiro atoms. The highest BCUT2D eigenvalue weighted by molar-refractivity contribution is 5.97. The molecule has 0 bridgehead atoms. The van der Waals surface area contributed by atoms with E-state index >= 15 is 0 Å². The largest absolute Gasteiger partial charge is 0.512 e. The summed E-state index contributed by atoms with van der Waals surface area (Å²) in [6, 6.07) is 0. The van der Waals surface area contributed by atoms with E-state index in [1.54, 1.807) is 6.92 Å². The smallest absolute Gasteiger partial charge is 0.168 e. The number of rotatable bonds is 9. The van der Waals surface area contributed by atoms with Gasteiger partial charge < -0.3 is 5.11 Å². The van der Waals surface area contributed by atoms with Crippen LogP contribution in [0.2, 0.25) is 0 Å². The maximum Gasteiger partial charge on any atom is 0.168 e. The van der Waals surface area contributed by atoms with Crippen LogP contribution >= 0.6 is 0 Å². The number of halogens is 2. The molecule has 0 aliphatic carbocycles. The molecule has 0 aromatic carbocycles. The molecule has 0 aromatic rings. The highest BCUT2D eigenvalue weighted by Gasteiger charge is 2.30. The Kier molecular flexibility index (Phi) is 7.99. The first kappa shape index (κ1) is 19.1. The van der Waals surface area contributed by atoms with Gasteiger partial charge in [-0.05, 0) is 39.5 Å². The fourth-order valence-corrected chi connectivity index (χ4v) is 2.44. The summed E-state index contributed by atoms with van der Waals surface area (Å²) >= 11 is 0. The standard InChI is InChI=1S/C16H28F2O2/c1-6-11(7-2)14(19)13(10-17)15(20)12(8-3)9-16(4,5)18/h11-12,19H,6-10H2,1-5H3/b14-13-. The van der Waals surface area contributed by atoms with Gasteiger partial charge in [-0.25, -0.2) is 8.78 Å². The van der Waals surface area contributed by atoms with Crippen molar-refractivity contribution in [3.63, 3.8) is 0 Å². The first-order chi connectivity index (χ1) is 9.21. The molecule has 1 unspecified atom stereocenters. The molecule has 20 heavy (non-hydrogen) atoms. The van der Waals surface area contributed by atoms with Crippen LogP contribution in [0.25, 0.3) is 0 Å². The number of aliphatic hydroxyl groups is 1. The summed E-state index contributed by atoms with van der Waals surface area (Å²) < 4.78 is 26.9. The van der Waals surface area contributed by atoms with E-state index in [2.05, 4.69) is 0 Å². The van der Waals surface area contributed by atoms with Crippen molar-refractivity contribution >= 4 is 5.78 Å². The van der Waals surface area contributed by atoms with Gasteiger partial charge in [0.05, 0.1) is 5.57 Å². The Morgan fingerprint density at radius 2 is 1.55 bits per heavy atom. The number of carbonyl (C=O) groups is 1. The van der Waals surface area contributed by atoms with E-state index in [1.165, 1.54) is 13.8 Å². The van der Waals surface area contributed by atoms with Crippen LogP contribution in [0.1, 0.15) is 60.3 Å². The normalized spacial score (nSPS) is 15.2. The molecule has 0 fully saturated rings. The van der Waals surface area contributed by atoms with Gasteiger partial charge in [0.15, 0.2) is 5.78 Å². The third-order valence-electron chi connectivity index (χ3n) is 3.71. The topological polar surface area (TPSA) is 37.3 Å². The number of allylic oxidation sites excluding steroid dienone is 2. The van der Waals surface area contributed by atoms with Crippen LogP contribution in [0.4, 0.5) is 8.78 Å². The van der Waals surface area contributed by atoms with Crippen molar-refractivity contribution < 1.29 is 18.7 Å². The molecule has 0 amide bonds. The Morgan fingerprint density at radius 3 is 1.85 bits per heavy atom. The predicted octanol–water partition coefficient (Wildman–Crippen LogP) is 4.94. The van der Waals surface area contributed by atoms with Crippen molar-refractivity contribution in [3.05, 3.63) is 11.3 Å². The van der Waals surface area contributed by atoms with E-state index in [9.17, 15) is 18.7 Å². The molecule has 0 heterocycles. The Hall–Kier alpha value is -0.930. The lowest BCUT2D eigenvalue weighted by molar-refractivity contribution is -0.121. The number of alkyl halides is 2. The van der Waals surface area contributed by atoms with Crippen molar-refractivity contribution in [3.8, 4) is 0 Å². The molecular weight excluding hydrogens is 262 g/mol. The number of hydrogen-bond donors (Lipinski definition) is 1. The van der Waals surface area contributed by atoms with E-state index in [0.29, 0.717) is 19.3 Å². The molecule has 0 aromatic heterocycles. The average Bonchev–Trinajstić information content (AvgIpc) is 2.37. The Bertz CT molecular complexity index is 339. The van der Waals surface area contributed by atoms with Crippen molar-refractivity contribution in [2.24, 2.45) is 11.8 Å². The van der Waals surface area contributed by atoms with Gasteiger partial charge in [-0.15, -0.1) is 0 Å². The Labute approximate surface area is 121 Å². The number of ketones is 1. The van der Waals surface area contributed by atoms with E-state index in [-0.39, 0.29) is 23.7 Å². The fourth-order valence-electron chi connectivity index (χ4n) is 2.44. The minimum Gasteiger partial charge on any atom is -0.512 e. The third kappa shape index (κ3) is 5.59. The Morgan fingerprint density at radius 1 is 1.10 bits per heavy atom. The van der Waals surface area contributed by atoms with Gasteiger partial charge in [-0.1, -0.05) is 20.8 Å². The van der Waals surface area contributed by atoms with Gasteiger partial charge >= 0.3 is 0 Å². The summed E-state index contributed by atoms with van der Waals surface area (Å²) in [6.07, 6.45) is 1.77. The van der Waals surface area contributed by atoms with Crippen LogP contribution in [-0.2, 0) is 4.79 Å². The summed E-state index contributed by atoms with van der Waals surface area (Å²) in [7, 11) is 0. The second kappa shape index (κ2) is 8.38. The van der Waals surface area contributed by atoms with Gasteiger partial charge in [0.1, 0.15) is 18.1 Å². The number of Topliss-reactive ketones (excluding diaryl/α,β-unsaturated/α-hetero) is 1. The second-order valence-corrected chi connectivity index (χ2v) is 5.90. The molecule has 4 heteroatoms. The van der Waals surface area contributed by atoms with E-state index in [4.69, 9.17) is 0 Å². The minimum absolute atomic E-state index is 0.0437. The maximum atomic E-state index is 13.7. The number of hydrogen-bond acceptors (Lipinski definition) is 2. The third-order valence-corrected chi connectivity index (χ3v) is 3.71. The molecule has 0 radical (unpaired) electrons. The van der Waals surface area contributed by atoms with Gasteiger partial charge in [0.2, 0.25) is 0 Å². The molecule has 0 saturated heterocycles. The first-order valence-corrected chi connectivity index (χ1v) is 7.42. The van der Waals surface area contributed by atoms with Crippen molar-refractivity contribution in [1.82, 2.24) is 0 Å². The summed E-state index contributed by atoms with van der Waals surface area (Å²) in [5, 5.41) is 10.1. The lowest BCUT2D eigenvalue weighted by atomic mass is 9.84. The van der Waals surface area contributed by atoms with Gasteiger partial charge in [0, 0.05) is 11.8 Å². The summed E-state index contributed by atoms with van der Waals surface area (Å²) in [5.74, 6) is -1.40. The van der Waals surface area contributed by atoms with Crippen LogP contribution < -0.4 is 0 Å². The predicted molar refractivity (Wildman–Crippen MR) is 78.3 cm³/mol. The lowest BCUT2D eigenvalue weighted by Crippen LogP contribution is -2.27. The summed E-state index contributed by atoms with van der Waals surface area (Å²) in [4.78, 5) is 12.3. The van der Waals surface area contributed by atoms with Crippen LogP contribution in [-0.4, -0.2) is 23.2 Å². The summed E-state index contributed by atoms with van der Waals surface area (Å²) in [5.41, 5.74) is -1.66. The Balaban J connectivity index is 5.32. The number of carbonyl (C=O) groups excluding carboxylic acids is 1. The van der Waals surface area contributed by atoms with Crippen molar-refractivity contribution in [2.45, 2.75) is 66.0 Å². The maximum absolute atomic E-state index is 13.7. The molecule has 1 N–H and O–H groups in total. The van der Waals surface area contributed by atoms with Gasteiger partial charge in [0.25, 0.3) is 0 Å². The minimum atomic E-state index is -1.48. The quantitative estimate of drug-likeness (QED) is 0.482. The highest BCUT2D eigenvalue weighted by Crippen LogP contribution is 2.28. The fraction of sp³-hybridized carbons (Fsp3) is 0.812. The molecule has 0 rings (SSSR count). The highest BCUT2D eigenvalue weighted by atomic mass is 19.1. The lowest BCUT2D eigenvalue weighted by Gasteiger charge is -2.23. The van der Waals surface area contributed by atoms with Crippen LogP contribution in [0.3, 0.4) is 0 Å². The molecule has 1 atom stereocenters. The van der Waals surface area contributed by atoms with E-state index < -0.39 is 24.0 Å². The second-order valence-electron chi connectivity index (χ2n) is 5.90. The van der Waals surface area contributed by atoms with Gasteiger partial charge in [-0.3, -0.25) is 4.79 Å². The molecular formula is C16H28F2O2. The van der Waals surface area contributed by atoms with Crippen molar-refractivity contribution in [1.29, 1.82) is 0 Å². The molecule has 118 valence electrons.